The number of nitrogens with zero attached hydrogens (tertiary/aromatic N) is 2. The van der Waals surface area contributed by atoms with Crippen LogP contribution in [0.2, 0.25) is 0 Å². The van der Waals surface area contributed by atoms with E-state index in [2.05, 4.69) is 47.5 Å². The van der Waals surface area contributed by atoms with Gasteiger partial charge in [-0.25, -0.2) is 0 Å². The summed E-state index contributed by atoms with van der Waals surface area (Å²) in [5.74, 6) is 0. The molecule has 3 aromatic carbocycles. The van der Waals surface area contributed by atoms with Crippen molar-refractivity contribution < 1.29 is 4.74 Å². The second-order valence-corrected chi connectivity index (χ2v) is 6.76. The van der Waals surface area contributed by atoms with Gasteiger partial charge in [-0.2, -0.15) is 5.26 Å². The monoisotopic (exact) mass is 376 g/mol. The molecule has 0 aliphatic heterocycles. The number of pyridine rings is 1. The van der Waals surface area contributed by atoms with Gasteiger partial charge in [0, 0.05) is 12.4 Å². The molecular formula is C26H20N2O. The molecule has 0 amide bonds. The molecular weight excluding hydrogens is 356 g/mol. The van der Waals surface area contributed by atoms with Crippen LogP contribution in [0.25, 0.3) is 0 Å². The van der Waals surface area contributed by atoms with E-state index in [0.717, 1.165) is 22.3 Å². The first-order valence-electron chi connectivity index (χ1n) is 9.47. The van der Waals surface area contributed by atoms with Crippen molar-refractivity contribution in [2.45, 2.75) is 12.2 Å². The molecule has 0 aliphatic carbocycles. The predicted octanol–water partition coefficient (Wildman–Crippen LogP) is 5.46. The van der Waals surface area contributed by atoms with Crippen molar-refractivity contribution in [3.63, 3.8) is 0 Å². The van der Waals surface area contributed by atoms with Crippen LogP contribution in [0.3, 0.4) is 0 Å². The third-order valence-corrected chi connectivity index (χ3v) is 4.92. The lowest BCUT2D eigenvalue weighted by Crippen LogP contribution is -2.32. The van der Waals surface area contributed by atoms with Gasteiger partial charge in [0.25, 0.3) is 0 Å². The first-order valence-corrected chi connectivity index (χ1v) is 9.47. The molecule has 0 radical (unpaired) electrons. The molecule has 0 aliphatic rings. The number of ether oxygens (including phenoxy) is 1. The molecule has 0 bridgehead atoms. The summed E-state index contributed by atoms with van der Waals surface area (Å²) in [6.07, 6.45) is 3.30. The van der Waals surface area contributed by atoms with Crippen LogP contribution in [0.1, 0.15) is 27.8 Å². The van der Waals surface area contributed by atoms with Gasteiger partial charge in [0.05, 0.1) is 12.2 Å². The summed E-state index contributed by atoms with van der Waals surface area (Å²) in [6, 6.07) is 34.6. The lowest BCUT2D eigenvalue weighted by molar-refractivity contribution is 0.000111. The molecule has 1 heterocycles. The average Bonchev–Trinajstić information content (AvgIpc) is 2.82. The second kappa shape index (κ2) is 8.52. The molecule has 4 rings (SSSR count). The zero-order valence-electron chi connectivity index (χ0n) is 15.9. The van der Waals surface area contributed by atoms with Crippen molar-refractivity contribution in [3.05, 3.63) is 137 Å². The number of hydrogen-bond acceptors (Lipinski definition) is 3. The molecule has 0 fully saturated rings. The van der Waals surface area contributed by atoms with E-state index in [-0.39, 0.29) is 0 Å². The van der Waals surface area contributed by atoms with Crippen molar-refractivity contribution in [1.82, 2.24) is 4.98 Å². The van der Waals surface area contributed by atoms with E-state index >= 15 is 0 Å². The van der Waals surface area contributed by atoms with Crippen molar-refractivity contribution in [1.29, 1.82) is 5.26 Å². The normalized spacial score (nSPS) is 11.0. The number of nitriles is 1. The van der Waals surface area contributed by atoms with Crippen LogP contribution >= 0.6 is 0 Å². The number of hydrogen-bond donors (Lipinski definition) is 0. The van der Waals surface area contributed by atoms with Crippen LogP contribution in [0.5, 0.6) is 0 Å². The first kappa shape index (κ1) is 18.6. The Balaban J connectivity index is 1.87. The summed E-state index contributed by atoms with van der Waals surface area (Å²) in [7, 11) is 0. The highest BCUT2D eigenvalue weighted by Gasteiger charge is 2.37. The third-order valence-electron chi connectivity index (χ3n) is 4.92. The van der Waals surface area contributed by atoms with Crippen molar-refractivity contribution in [3.8, 4) is 6.07 Å². The van der Waals surface area contributed by atoms with E-state index in [1.807, 2.05) is 60.7 Å². The standard InChI is InChI=1S/C26H20N2O/c27-17-21-16-22(19-28-18-21)20-29-26(23-10-4-1-5-11-23,24-12-6-2-7-13-24)25-14-8-3-9-15-25/h1-16,18-19H,20H2. The highest BCUT2D eigenvalue weighted by Crippen LogP contribution is 2.41. The van der Waals surface area contributed by atoms with Gasteiger partial charge in [-0.05, 0) is 28.3 Å². The van der Waals surface area contributed by atoms with Gasteiger partial charge in [0.15, 0.2) is 0 Å². The summed E-state index contributed by atoms with van der Waals surface area (Å²) < 4.78 is 6.72. The fraction of sp³-hybridized carbons (Fsp3) is 0.0769. The quantitative estimate of drug-likeness (QED) is 0.420. The average molecular weight is 376 g/mol. The van der Waals surface area contributed by atoms with E-state index in [1.54, 1.807) is 12.4 Å². The SMILES string of the molecule is N#Cc1cncc(COC(c2ccccc2)(c2ccccc2)c2ccccc2)c1. The molecule has 0 N–H and O–H groups in total. The Morgan fingerprint density at radius 3 is 1.66 bits per heavy atom. The summed E-state index contributed by atoms with van der Waals surface area (Å²) in [4.78, 5) is 4.17. The lowest BCUT2D eigenvalue weighted by atomic mass is 9.80. The van der Waals surface area contributed by atoms with Crippen molar-refractivity contribution in [2.24, 2.45) is 0 Å². The van der Waals surface area contributed by atoms with Gasteiger partial charge < -0.3 is 4.74 Å². The Labute approximate surface area is 170 Å². The van der Waals surface area contributed by atoms with Crippen LogP contribution in [0.4, 0.5) is 0 Å². The van der Waals surface area contributed by atoms with E-state index in [0.29, 0.717) is 12.2 Å². The van der Waals surface area contributed by atoms with E-state index in [4.69, 9.17) is 4.74 Å². The maximum atomic E-state index is 9.19. The third kappa shape index (κ3) is 3.80. The molecule has 0 atom stereocenters. The zero-order valence-corrected chi connectivity index (χ0v) is 15.9. The summed E-state index contributed by atoms with van der Waals surface area (Å²) >= 11 is 0. The lowest BCUT2D eigenvalue weighted by Gasteiger charge is -2.36. The molecule has 0 spiro atoms. The highest BCUT2D eigenvalue weighted by atomic mass is 16.5. The molecule has 4 aromatic rings. The molecule has 0 unspecified atom stereocenters. The van der Waals surface area contributed by atoms with E-state index in [9.17, 15) is 5.26 Å². The predicted molar refractivity (Wildman–Crippen MR) is 113 cm³/mol. The molecule has 29 heavy (non-hydrogen) atoms. The topological polar surface area (TPSA) is 45.9 Å². The minimum atomic E-state index is -0.785. The fourth-order valence-electron chi connectivity index (χ4n) is 3.59. The van der Waals surface area contributed by atoms with Gasteiger partial charge in [-0.15, -0.1) is 0 Å². The number of benzene rings is 3. The van der Waals surface area contributed by atoms with Crippen molar-refractivity contribution >= 4 is 0 Å². The van der Waals surface area contributed by atoms with Gasteiger partial charge in [-0.1, -0.05) is 91.0 Å². The fourth-order valence-corrected chi connectivity index (χ4v) is 3.59. The second-order valence-electron chi connectivity index (χ2n) is 6.76. The molecule has 0 saturated carbocycles. The van der Waals surface area contributed by atoms with Gasteiger partial charge in [-0.3, -0.25) is 4.98 Å². The first-order chi connectivity index (χ1) is 14.3. The minimum absolute atomic E-state index is 0.321. The van der Waals surface area contributed by atoms with E-state index < -0.39 is 5.60 Å². The smallest absolute Gasteiger partial charge is 0.144 e. The Kier molecular flexibility index (Phi) is 5.47. The summed E-state index contributed by atoms with van der Waals surface area (Å²) in [5, 5.41) is 9.19. The minimum Gasteiger partial charge on any atom is -0.356 e. The molecule has 0 saturated heterocycles. The van der Waals surface area contributed by atoms with Gasteiger partial charge in [0.1, 0.15) is 11.7 Å². The molecule has 3 heteroatoms. The Morgan fingerprint density at radius 2 is 1.21 bits per heavy atom. The Morgan fingerprint density at radius 1 is 0.724 bits per heavy atom. The summed E-state index contributed by atoms with van der Waals surface area (Å²) in [6.45, 7) is 0.321. The highest BCUT2D eigenvalue weighted by molar-refractivity contribution is 5.47. The molecule has 140 valence electrons. The van der Waals surface area contributed by atoms with Gasteiger partial charge >= 0.3 is 0 Å². The Bertz CT molecular complexity index is 1010. The maximum absolute atomic E-state index is 9.19. The van der Waals surface area contributed by atoms with Crippen LogP contribution < -0.4 is 0 Å². The summed E-state index contributed by atoms with van der Waals surface area (Å²) in [5.41, 5.74) is 3.73. The van der Waals surface area contributed by atoms with Crippen molar-refractivity contribution in [2.75, 3.05) is 0 Å². The van der Waals surface area contributed by atoms with Crippen LogP contribution in [-0.4, -0.2) is 4.98 Å². The largest absolute Gasteiger partial charge is 0.356 e. The van der Waals surface area contributed by atoms with E-state index in [1.165, 1.54) is 0 Å². The molecule has 3 nitrogen and oxygen atoms in total. The Hall–Kier alpha value is -3.74. The van der Waals surface area contributed by atoms with Crippen LogP contribution in [0, 0.1) is 11.3 Å². The van der Waals surface area contributed by atoms with Gasteiger partial charge in [0.2, 0.25) is 0 Å². The number of rotatable bonds is 6. The van der Waals surface area contributed by atoms with Crippen LogP contribution in [-0.2, 0) is 16.9 Å². The zero-order chi connectivity index (χ0) is 19.9. The maximum Gasteiger partial charge on any atom is 0.144 e. The number of aromatic nitrogens is 1. The molecule has 1 aromatic heterocycles. The van der Waals surface area contributed by atoms with Crippen LogP contribution in [0.15, 0.2) is 109 Å².